The SMILES string of the molecule is Cc1ccc(C(NC(=O)Cc2ccc3oc(C(c4c(C)noc4C)N(N)N=C(N)N)cc3c2)c2ccccc2)c(C)c1. The number of nitrogens with one attached hydrogen (secondary N) is 1. The van der Waals surface area contributed by atoms with E-state index in [9.17, 15) is 4.79 Å². The van der Waals surface area contributed by atoms with Crippen LogP contribution in [0.3, 0.4) is 0 Å². The molecule has 0 radical (unpaired) electrons. The van der Waals surface area contributed by atoms with Gasteiger partial charge in [-0.1, -0.05) is 65.3 Å². The van der Waals surface area contributed by atoms with Gasteiger partial charge in [0.15, 0.2) is 6.04 Å². The number of rotatable bonds is 9. The molecule has 42 heavy (non-hydrogen) atoms. The summed E-state index contributed by atoms with van der Waals surface area (Å²) < 4.78 is 11.6. The number of benzene rings is 3. The Morgan fingerprint density at radius 2 is 1.76 bits per heavy atom. The zero-order chi connectivity index (χ0) is 30.0. The molecule has 0 fully saturated rings. The molecule has 1 amide bonds. The molecule has 0 saturated carbocycles. The maximum absolute atomic E-state index is 13.4. The van der Waals surface area contributed by atoms with E-state index in [1.54, 1.807) is 6.92 Å². The summed E-state index contributed by atoms with van der Waals surface area (Å²) >= 11 is 0. The van der Waals surface area contributed by atoms with Gasteiger partial charge in [-0.25, -0.2) is 11.0 Å². The van der Waals surface area contributed by atoms with Gasteiger partial charge < -0.3 is 25.7 Å². The van der Waals surface area contributed by atoms with Crippen molar-refractivity contribution in [2.75, 3.05) is 0 Å². The van der Waals surface area contributed by atoms with Crippen LogP contribution in [0, 0.1) is 27.7 Å². The molecule has 5 aromatic rings. The van der Waals surface area contributed by atoms with Crippen LogP contribution in [0.4, 0.5) is 0 Å². The highest BCUT2D eigenvalue weighted by Gasteiger charge is 2.30. The molecular formula is C32H35N7O3. The molecule has 0 bridgehead atoms. The van der Waals surface area contributed by atoms with E-state index in [-0.39, 0.29) is 24.3 Å². The summed E-state index contributed by atoms with van der Waals surface area (Å²) in [5, 5.41) is 13.2. The Labute approximate surface area is 244 Å². The van der Waals surface area contributed by atoms with E-state index in [1.165, 1.54) is 5.56 Å². The van der Waals surface area contributed by atoms with Gasteiger partial charge in [-0.15, -0.1) is 5.10 Å². The zero-order valence-electron chi connectivity index (χ0n) is 24.1. The van der Waals surface area contributed by atoms with Gasteiger partial charge in [0.1, 0.15) is 17.1 Å². The fourth-order valence-electron chi connectivity index (χ4n) is 5.37. The van der Waals surface area contributed by atoms with Crippen LogP contribution in [-0.2, 0) is 11.2 Å². The minimum absolute atomic E-state index is 0.0959. The molecule has 0 aliphatic rings. The number of furan rings is 1. The molecule has 2 heterocycles. The lowest BCUT2D eigenvalue weighted by Crippen LogP contribution is -2.36. The fraction of sp³-hybridized carbons (Fsp3) is 0.219. The van der Waals surface area contributed by atoms with Crippen LogP contribution >= 0.6 is 0 Å². The third kappa shape index (κ3) is 5.98. The summed E-state index contributed by atoms with van der Waals surface area (Å²) in [6, 6.07) is 22.8. The highest BCUT2D eigenvalue weighted by Crippen LogP contribution is 2.35. The molecule has 2 unspecified atom stereocenters. The van der Waals surface area contributed by atoms with E-state index in [1.807, 2.05) is 61.5 Å². The molecule has 10 nitrogen and oxygen atoms in total. The van der Waals surface area contributed by atoms with Crippen LogP contribution in [0.2, 0.25) is 0 Å². The minimum atomic E-state index is -0.693. The Morgan fingerprint density at radius 1 is 1.00 bits per heavy atom. The summed E-state index contributed by atoms with van der Waals surface area (Å²) in [7, 11) is 0. The first kappa shape index (κ1) is 28.4. The third-order valence-electron chi connectivity index (χ3n) is 7.27. The van der Waals surface area contributed by atoms with Gasteiger partial charge >= 0.3 is 0 Å². The van der Waals surface area contributed by atoms with Gasteiger partial charge in [-0.2, -0.15) is 0 Å². The van der Waals surface area contributed by atoms with Crippen molar-refractivity contribution in [3.05, 3.63) is 123 Å². The van der Waals surface area contributed by atoms with Gasteiger partial charge in [0.25, 0.3) is 0 Å². The molecule has 0 aliphatic heterocycles. The number of amides is 1. The largest absolute Gasteiger partial charge is 0.458 e. The molecule has 2 aromatic heterocycles. The van der Waals surface area contributed by atoms with Crippen molar-refractivity contribution in [3.8, 4) is 0 Å². The molecular weight excluding hydrogens is 530 g/mol. The topological polar surface area (TPSA) is 162 Å². The molecule has 0 aliphatic carbocycles. The van der Waals surface area contributed by atoms with Crippen molar-refractivity contribution in [1.29, 1.82) is 0 Å². The summed E-state index contributed by atoms with van der Waals surface area (Å²) in [4.78, 5) is 13.4. The maximum Gasteiger partial charge on any atom is 0.225 e. The van der Waals surface area contributed by atoms with E-state index in [0.717, 1.165) is 32.8 Å². The molecule has 5 rings (SSSR count). The first-order valence-corrected chi connectivity index (χ1v) is 13.6. The molecule has 0 saturated heterocycles. The Bertz CT molecular complexity index is 1730. The number of carbonyl (C=O) groups is 1. The average Bonchev–Trinajstić information content (AvgIpc) is 3.50. The molecule has 216 valence electrons. The van der Waals surface area contributed by atoms with Crippen molar-refractivity contribution < 1.29 is 13.7 Å². The number of guanidine groups is 1. The second kappa shape index (κ2) is 11.8. The highest BCUT2D eigenvalue weighted by molar-refractivity contribution is 5.83. The van der Waals surface area contributed by atoms with E-state index >= 15 is 0 Å². The zero-order valence-corrected chi connectivity index (χ0v) is 24.1. The van der Waals surface area contributed by atoms with Crippen molar-refractivity contribution >= 4 is 22.8 Å². The van der Waals surface area contributed by atoms with Crippen LogP contribution in [0.25, 0.3) is 11.0 Å². The van der Waals surface area contributed by atoms with E-state index < -0.39 is 6.04 Å². The second-order valence-electron chi connectivity index (χ2n) is 10.5. The number of nitrogens with zero attached hydrogens (tertiary/aromatic N) is 3. The smallest absolute Gasteiger partial charge is 0.225 e. The Balaban J connectivity index is 1.42. The summed E-state index contributed by atoms with van der Waals surface area (Å²) in [5.74, 6) is 7.02. The molecule has 3 aromatic carbocycles. The number of carbonyl (C=O) groups excluding carboxylic acids is 1. The summed E-state index contributed by atoms with van der Waals surface area (Å²) in [6.45, 7) is 7.72. The molecule has 0 spiro atoms. The lowest BCUT2D eigenvalue weighted by atomic mass is 9.93. The number of hydrazone groups is 1. The number of hydrogen-bond donors (Lipinski definition) is 4. The highest BCUT2D eigenvalue weighted by atomic mass is 16.5. The number of hydrogen-bond acceptors (Lipinski definition) is 7. The fourth-order valence-corrected chi connectivity index (χ4v) is 5.37. The van der Waals surface area contributed by atoms with Crippen molar-refractivity contribution in [3.63, 3.8) is 0 Å². The summed E-state index contributed by atoms with van der Waals surface area (Å²) in [6.07, 6.45) is 0.189. The van der Waals surface area contributed by atoms with E-state index in [0.29, 0.717) is 28.4 Å². The Hall–Kier alpha value is -5.09. The standard InChI is InChI=1S/C32H35N7O3/c1-18-10-12-25(19(2)14-18)30(23-8-6-5-7-9-23)36-28(40)16-22-11-13-26-24(15-22)17-27(41-26)31(39(35)37-32(33)34)29-20(3)38-42-21(29)4/h5-15,17,30-31H,16,35H2,1-4H3,(H,36,40)(H4,33,34,37). The van der Waals surface area contributed by atoms with Crippen molar-refractivity contribution in [2.24, 2.45) is 22.4 Å². The van der Waals surface area contributed by atoms with Crippen LogP contribution in [-0.4, -0.2) is 22.1 Å². The monoisotopic (exact) mass is 565 g/mol. The second-order valence-corrected chi connectivity index (χ2v) is 10.5. The predicted molar refractivity (Wildman–Crippen MR) is 162 cm³/mol. The van der Waals surface area contributed by atoms with E-state index in [4.69, 9.17) is 26.3 Å². The number of fused-ring (bicyclic) bond motifs is 1. The Kier molecular flexibility index (Phi) is 7.99. The third-order valence-corrected chi connectivity index (χ3v) is 7.27. The number of aromatic nitrogens is 1. The lowest BCUT2D eigenvalue weighted by molar-refractivity contribution is -0.120. The van der Waals surface area contributed by atoms with Gasteiger partial charge in [0.2, 0.25) is 11.9 Å². The van der Waals surface area contributed by atoms with Gasteiger partial charge in [0.05, 0.1) is 23.7 Å². The lowest BCUT2D eigenvalue weighted by Gasteiger charge is -2.23. The van der Waals surface area contributed by atoms with Gasteiger partial charge in [-0.3, -0.25) is 4.79 Å². The van der Waals surface area contributed by atoms with Crippen LogP contribution in [0.1, 0.15) is 62.7 Å². The van der Waals surface area contributed by atoms with Crippen LogP contribution in [0.5, 0.6) is 0 Å². The quantitative estimate of drug-likeness (QED) is 0.0875. The predicted octanol–water partition coefficient (Wildman–Crippen LogP) is 4.56. The number of nitrogens with two attached hydrogens (primary N) is 3. The van der Waals surface area contributed by atoms with Gasteiger partial charge in [0, 0.05) is 5.39 Å². The number of aryl methyl sites for hydroxylation is 4. The first-order chi connectivity index (χ1) is 20.1. The summed E-state index contributed by atoms with van der Waals surface area (Å²) in [5.41, 5.74) is 18.4. The Morgan fingerprint density at radius 3 is 2.43 bits per heavy atom. The van der Waals surface area contributed by atoms with Gasteiger partial charge in [-0.05, 0) is 68.1 Å². The first-order valence-electron chi connectivity index (χ1n) is 13.6. The minimum Gasteiger partial charge on any atom is -0.458 e. The number of hydrazine groups is 1. The molecule has 10 heteroatoms. The maximum atomic E-state index is 13.4. The van der Waals surface area contributed by atoms with E-state index in [2.05, 4.69) is 47.6 Å². The normalized spacial score (nSPS) is 12.6. The molecule has 7 N–H and O–H groups in total. The van der Waals surface area contributed by atoms with Crippen molar-refractivity contribution in [1.82, 2.24) is 15.6 Å². The molecule has 2 atom stereocenters. The average molecular weight is 566 g/mol. The van der Waals surface area contributed by atoms with Crippen LogP contribution < -0.4 is 22.6 Å². The van der Waals surface area contributed by atoms with Crippen molar-refractivity contribution in [2.45, 2.75) is 46.2 Å². The van der Waals surface area contributed by atoms with Crippen LogP contribution in [0.15, 0.2) is 86.8 Å².